The molecular weight excluding hydrogens is 252 g/mol. The molecule has 0 fully saturated rings. The smallest absolute Gasteiger partial charge is 0.447 e. The van der Waals surface area contributed by atoms with E-state index >= 15 is 0 Å². The molecule has 0 aliphatic carbocycles. The normalized spacial score (nSPS) is 10.3. The molecule has 0 aromatic heterocycles. The summed E-state index contributed by atoms with van der Waals surface area (Å²) >= 11 is 0. The summed E-state index contributed by atoms with van der Waals surface area (Å²) in [5.41, 5.74) is 0. The summed E-state index contributed by atoms with van der Waals surface area (Å²) in [7, 11) is 0. The van der Waals surface area contributed by atoms with E-state index in [0.717, 1.165) is 51.4 Å². The third-order valence-electron chi connectivity index (χ3n) is 2.70. The van der Waals surface area contributed by atoms with E-state index in [1.165, 1.54) is 0 Å². The molecule has 6 heteroatoms. The first-order valence-electron chi connectivity index (χ1n) is 6.88. The van der Waals surface area contributed by atoms with Crippen molar-refractivity contribution in [3.63, 3.8) is 0 Å². The Morgan fingerprint density at radius 2 is 1.47 bits per heavy atom. The Morgan fingerprint density at radius 3 is 1.89 bits per heavy atom. The first-order chi connectivity index (χ1) is 9.10. The molecule has 0 aliphatic rings. The lowest BCUT2D eigenvalue weighted by atomic mass is 10.0. The zero-order valence-electron chi connectivity index (χ0n) is 11.7. The molecule has 1 N–H and O–H groups in total. The fraction of sp³-hybridized carbons (Fsp3) is 0.846. The van der Waals surface area contributed by atoms with Gasteiger partial charge >= 0.3 is 12.3 Å². The molecule has 0 heterocycles. The maximum absolute atomic E-state index is 11.2. The van der Waals surface area contributed by atoms with Crippen molar-refractivity contribution in [1.29, 1.82) is 0 Å². The van der Waals surface area contributed by atoms with Gasteiger partial charge in [-0.15, -0.1) is 0 Å². The monoisotopic (exact) mass is 276 g/mol. The maximum Gasteiger partial charge on any atom is 0.550 e. The third-order valence-corrected chi connectivity index (χ3v) is 2.70. The molecule has 0 aromatic carbocycles. The van der Waals surface area contributed by atoms with Crippen LogP contribution in [0.2, 0.25) is 0 Å². The molecule has 0 unspecified atom stereocenters. The van der Waals surface area contributed by atoms with Gasteiger partial charge in [0, 0.05) is 0 Å². The number of carbonyl (C=O) groups excluding carboxylic acids is 1. The van der Waals surface area contributed by atoms with Crippen LogP contribution in [-0.2, 0) is 14.5 Å². The Hall–Kier alpha value is -1.46. The van der Waals surface area contributed by atoms with Gasteiger partial charge in [-0.25, -0.2) is 9.68 Å². The van der Waals surface area contributed by atoms with E-state index in [2.05, 4.69) is 23.6 Å². The van der Waals surface area contributed by atoms with E-state index in [-0.39, 0.29) is 6.10 Å². The summed E-state index contributed by atoms with van der Waals surface area (Å²) in [6.45, 7) is 4.20. The zero-order valence-corrected chi connectivity index (χ0v) is 11.7. The Morgan fingerprint density at radius 1 is 0.947 bits per heavy atom. The van der Waals surface area contributed by atoms with Crippen LogP contribution in [0.4, 0.5) is 9.59 Å². The summed E-state index contributed by atoms with van der Waals surface area (Å²) in [5.74, 6) is 0. The van der Waals surface area contributed by atoms with E-state index in [0.29, 0.717) is 0 Å². The average Bonchev–Trinajstić information content (AvgIpc) is 2.36. The molecule has 0 spiro atoms. The minimum Gasteiger partial charge on any atom is -0.447 e. The first-order valence-corrected chi connectivity index (χ1v) is 6.88. The second-order valence-corrected chi connectivity index (χ2v) is 4.41. The lowest BCUT2D eigenvalue weighted by molar-refractivity contribution is -0.217. The number of hydrogen-bond acceptors (Lipinski definition) is 5. The van der Waals surface area contributed by atoms with Crippen molar-refractivity contribution >= 4 is 12.3 Å². The molecule has 19 heavy (non-hydrogen) atoms. The molecule has 0 amide bonds. The molecule has 0 radical (unpaired) electrons. The van der Waals surface area contributed by atoms with Crippen molar-refractivity contribution in [2.75, 3.05) is 0 Å². The highest BCUT2D eigenvalue weighted by Crippen LogP contribution is 2.15. The quantitative estimate of drug-likeness (QED) is 0.293. The van der Waals surface area contributed by atoms with Gasteiger partial charge < -0.3 is 9.84 Å². The van der Waals surface area contributed by atoms with Gasteiger partial charge in [0.2, 0.25) is 0 Å². The summed E-state index contributed by atoms with van der Waals surface area (Å²) < 4.78 is 5.04. The molecule has 6 nitrogen and oxygen atoms in total. The Kier molecular flexibility index (Phi) is 10.7. The lowest BCUT2D eigenvalue weighted by Gasteiger charge is -2.16. The minimum absolute atomic E-state index is 0.233. The summed E-state index contributed by atoms with van der Waals surface area (Å²) in [5, 5.41) is 8.19. The Labute approximate surface area is 114 Å². The van der Waals surface area contributed by atoms with Gasteiger partial charge in [-0.05, 0) is 25.7 Å². The molecule has 0 saturated carbocycles. The molecule has 0 aliphatic heterocycles. The number of ether oxygens (including phenoxy) is 1. The van der Waals surface area contributed by atoms with Gasteiger partial charge in [0.05, 0.1) is 0 Å². The van der Waals surface area contributed by atoms with Crippen LogP contribution in [0.25, 0.3) is 0 Å². The van der Waals surface area contributed by atoms with Crippen molar-refractivity contribution in [3.8, 4) is 0 Å². The predicted octanol–water partition coefficient (Wildman–Crippen LogP) is 4.28. The van der Waals surface area contributed by atoms with Gasteiger partial charge in [-0.2, -0.15) is 9.68 Å². The van der Waals surface area contributed by atoms with E-state index in [1.807, 2.05) is 0 Å². The standard InChI is InChI=1S/C13H24O6/c1-3-5-7-9-11(10-8-6-4-2)17-13(16)19-18-12(14)15/h11H,3-10H2,1-2H3,(H,14,15). The van der Waals surface area contributed by atoms with Crippen LogP contribution in [0, 0.1) is 0 Å². The molecular formula is C13H24O6. The van der Waals surface area contributed by atoms with Crippen LogP contribution in [0.15, 0.2) is 0 Å². The van der Waals surface area contributed by atoms with Crippen molar-refractivity contribution in [2.24, 2.45) is 0 Å². The van der Waals surface area contributed by atoms with Gasteiger partial charge in [-0.3, -0.25) is 0 Å². The van der Waals surface area contributed by atoms with Gasteiger partial charge in [0.25, 0.3) is 0 Å². The van der Waals surface area contributed by atoms with Gasteiger partial charge in [0.1, 0.15) is 6.10 Å². The number of rotatable bonds is 9. The van der Waals surface area contributed by atoms with Gasteiger partial charge in [-0.1, -0.05) is 39.5 Å². The maximum atomic E-state index is 11.2. The number of hydrogen-bond donors (Lipinski definition) is 1. The second-order valence-electron chi connectivity index (χ2n) is 4.41. The molecule has 112 valence electrons. The van der Waals surface area contributed by atoms with Crippen molar-refractivity contribution < 1.29 is 29.2 Å². The highest BCUT2D eigenvalue weighted by molar-refractivity contribution is 5.62. The largest absolute Gasteiger partial charge is 0.550 e. The average molecular weight is 276 g/mol. The van der Waals surface area contributed by atoms with Crippen molar-refractivity contribution in [3.05, 3.63) is 0 Å². The second kappa shape index (κ2) is 11.6. The molecule has 0 rings (SSSR count). The Bertz CT molecular complexity index is 244. The Balaban J connectivity index is 3.99. The predicted molar refractivity (Wildman–Crippen MR) is 68.7 cm³/mol. The molecule has 0 saturated heterocycles. The number of carboxylic acid groups (broad SMARTS) is 1. The van der Waals surface area contributed by atoms with Gasteiger partial charge in [0.15, 0.2) is 0 Å². The van der Waals surface area contributed by atoms with E-state index in [1.54, 1.807) is 0 Å². The van der Waals surface area contributed by atoms with Crippen molar-refractivity contribution in [1.82, 2.24) is 0 Å². The minimum atomic E-state index is -1.68. The molecule has 0 atom stereocenters. The lowest BCUT2D eigenvalue weighted by Crippen LogP contribution is -2.20. The van der Waals surface area contributed by atoms with Crippen molar-refractivity contribution in [2.45, 2.75) is 71.3 Å². The zero-order chi connectivity index (χ0) is 14.5. The van der Waals surface area contributed by atoms with E-state index in [4.69, 9.17) is 9.84 Å². The summed E-state index contributed by atoms with van der Waals surface area (Å²) in [6.07, 6.45) is 4.81. The molecule has 0 bridgehead atoms. The summed E-state index contributed by atoms with van der Waals surface area (Å²) in [4.78, 5) is 28.9. The van der Waals surface area contributed by atoms with Crippen LogP contribution in [0.5, 0.6) is 0 Å². The number of unbranched alkanes of at least 4 members (excludes halogenated alkanes) is 4. The third kappa shape index (κ3) is 11.4. The van der Waals surface area contributed by atoms with Crippen LogP contribution in [-0.4, -0.2) is 23.5 Å². The molecule has 0 aromatic rings. The number of carbonyl (C=O) groups is 2. The fourth-order valence-electron chi connectivity index (χ4n) is 1.73. The SMILES string of the molecule is CCCCCC(CCCCC)OC(=O)OOC(=O)O. The fourth-order valence-corrected chi connectivity index (χ4v) is 1.73. The first kappa shape index (κ1) is 17.5. The van der Waals surface area contributed by atoms with Crippen LogP contribution in [0.3, 0.4) is 0 Å². The topological polar surface area (TPSA) is 82.1 Å². The highest BCUT2D eigenvalue weighted by Gasteiger charge is 2.17. The van der Waals surface area contributed by atoms with E-state index < -0.39 is 12.3 Å². The van der Waals surface area contributed by atoms with Crippen LogP contribution >= 0.6 is 0 Å². The highest BCUT2D eigenvalue weighted by atomic mass is 17.3. The van der Waals surface area contributed by atoms with Crippen LogP contribution in [0.1, 0.15) is 65.2 Å². The van der Waals surface area contributed by atoms with Crippen LogP contribution < -0.4 is 0 Å². The van der Waals surface area contributed by atoms with E-state index in [9.17, 15) is 9.59 Å². The summed E-state index contributed by atoms with van der Waals surface area (Å²) in [6, 6.07) is 0.